The molecule has 0 aromatic carbocycles. The van der Waals surface area contributed by atoms with Gasteiger partial charge in [-0.2, -0.15) is 13.2 Å². The number of pyridine rings is 1. The number of aryl methyl sites for hydroxylation is 1. The highest BCUT2D eigenvalue weighted by atomic mass is 19.4. The second-order valence-electron chi connectivity index (χ2n) is 6.36. The Balaban J connectivity index is 1.87. The molecule has 1 aliphatic rings. The molecule has 1 aromatic heterocycles. The third-order valence-corrected chi connectivity index (χ3v) is 4.02. The van der Waals surface area contributed by atoms with E-state index in [0.717, 1.165) is 5.56 Å². The van der Waals surface area contributed by atoms with Gasteiger partial charge in [0.25, 0.3) is 0 Å². The summed E-state index contributed by atoms with van der Waals surface area (Å²) in [6, 6.07) is 3.07. The third kappa shape index (κ3) is 5.99. The fraction of sp³-hybridized carbons (Fsp3) is 0.625. The molecule has 0 saturated carbocycles. The molecule has 1 saturated heterocycles. The lowest BCUT2D eigenvalue weighted by Crippen LogP contribution is -2.38. The van der Waals surface area contributed by atoms with E-state index >= 15 is 0 Å². The number of carbonyl (C=O) groups excluding carboxylic acids is 1. The molecule has 2 rings (SSSR count). The summed E-state index contributed by atoms with van der Waals surface area (Å²) < 4.78 is 37.6. The third-order valence-electron chi connectivity index (χ3n) is 4.02. The van der Waals surface area contributed by atoms with Crippen molar-refractivity contribution in [3.63, 3.8) is 0 Å². The van der Waals surface area contributed by atoms with Crippen molar-refractivity contribution < 1.29 is 18.0 Å². The van der Waals surface area contributed by atoms with Gasteiger partial charge in [0.1, 0.15) is 0 Å². The number of aromatic amines is 1. The fourth-order valence-electron chi connectivity index (χ4n) is 2.95. The predicted molar refractivity (Wildman–Crippen MR) is 83.6 cm³/mol. The zero-order valence-corrected chi connectivity index (χ0v) is 13.6. The molecule has 0 aliphatic carbocycles. The van der Waals surface area contributed by atoms with Crippen molar-refractivity contribution in [2.75, 3.05) is 32.7 Å². The van der Waals surface area contributed by atoms with E-state index < -0.39 is 12.7 Å². The Morgan fingerprint density at radius 2 is 2.04 bits per heavy atom. The van der Waals surface area contributed by atoms with Gasteiger partial charge < -0.3 is 9.88 Å². The van der Waals surface area contributed by atoms with Gasteiger partial charge in [0, 0.05) is 44.9 Å². The first-order chi connectivity index (χ1) is 11.2. The molecule has 134 valence electrons. The lowest BCUT2D eigenvalue weighted by molar-refractivity contribution is -0.146. The molecule has 0 bridgehead atoms. The Bertz CT molecular complexity index is 595. The van der Waals surface area contributed by atoms with E-state index in [1.807, 2.05) is 6.92 Å². The van der Waals surface area contributed by atoms with E-state index in [4.69, 9.17) is 0 Å². The van der Waals surface area contributed by atoms with Crippen LogP contribution in [-0.2, 0) is 11.2 Å². The van der Waals surface area contributed by atoms with Gasteiger partial charge in [0.05, 0.1) is 6.54 Å². The van der Waals surface area contributed by atoms with Crippen molar-refractivity contribution in [1.82, 2.24) is 14.8 Å². The van der Waals surface area contributed by atoms with Crippen LogP contribution in [0, 0.1) is 5.92 Å². The van der Waals surface area contributed by atoms with Gasteiger partial charge >= 0.3 is 6.18 Å². The largest absolute Gasteiger partial charge is 0.401 e. The minimum absolute atomic E-state index is 0.00752. The van der Waals surface area contributed by atoms with Crippen LogP contribution in [0.15, 0.2) is 23.1 Å². The zero-order chi connectivity index (χ0) is 17.7. The van der Waals surface area contributed by atoms with Crippen LogP contribution in [0.1, 0.15) is 18.9 Å². The predicted octanol–water partition coefficient (Wildman–Crippen LogP) is 1.65. The molecule has 1 aromatic rings. The number of halogens is 3. The second-order valence-corrected chi connectivity index (χ2v) is 6.36. The van der Waals surface area contributed by atoms with Crippen molar-refractivity contribution in [1.29, 1.82) is 0 Å². The van der Waals surface area contributed by atoms with Crippen LogP contribution in [0.25, 0.3) is 0 Å². The molecule has 1 aliphatic heterocycles. The molecule has 1 atom stereocenters. The number of nitrogens with one attached hydrogen (secondary N) is 1. The number of nitrogens with zero attached hydrogens (tertiary/aromatic N) is 2. The molecule has 1 fully saturated rings. The molecule has 8 heteroatoms. The summed E-state index contributed by atoms with van der Waals surface area (Å²) >= 11 is 0. The van der Waals surface area contributed by atoms with Gasteiger partial charge in [-0.15, -0.1) is 0 Å². The van der Waals surface area contributed by atoms with E-state index in [2.05, 4.69) is 4.98 Å². The molecule has 0 spiro atoms. The summed E-state index contributed by atoms with van der Waals surface area (Å²) in [5.74, 6) is -0.0752. The summed E-state index contributed by atoms with van der Waals surface area (Å²) in [4.78, 5) is 28.9. The molecule has 2 heterocycles. The maximum atomic E-state index is 12.5. The van der Waals surface area contributed by atoms with E-state index in [-0.39, 0.29) is 30.3 Å². The van der Waals surface area contributed by atoms with E-state index in [1.165, 1.54) is 11.0 Å². The first-order valence-electron chi connectivity index (χ1n) is 7.97. The van der Waals surface area contributed by atoms with Crippen LogP contribution in [0.2, 0.25) is 0 Å². The minimum Gasteiger partial charge on any atom is -0.341 e. The van der Waals surface area contributed by atoms with Crippen LogP contribution in [0.3, 0.4) is 0 Å². The van der Waals surface area contributed by atoms with Crippen molar-refractivity contribution in [3.05, 3.63) is 34.2 Å². The molecule has 0 radical (unpaired) electrons. The van der Waals surface area contributed by atoms with Gasteiger partial charge in [-0.05, 0) is 17.9 Å². The number of hydrogen-bond donors (Lipinski definition) is 1. The topological polar surface area (TPSA) is 56.4 Å². The molecule has 1 amide bonds. The van der Waals surface area contributed by atoms with Gasteiger partial charge in [0.15, 0.2) is 0 Å². The second kappa shape index (κ2) is 7.83. The van der Waals surface area contributed by atoms with E-state index in [9.17, 15) is 22.8 Å². The number of aromatic nitrogens is 1. The monoisotopic (exact) mass is 345 g/mol. The molecule has 24 heavy (non-hydrogen) atoms. The van der Waals surface area contributed by atoms with Crippen molar-refractivity contribution in [2.45, 2.75) is 25.9 Å². The smallest absolute Gasteiger partial charge is 0.341 e. The summed E-state index contributed by atoms with van der Waals surface area (Å²) in [5.41, 5.74) is 0.653. The van der Waals surface area contributed by atoms with Crippen LogP contribution in [0.4, 0.5) is 13.2 Å². The molecule has 1 N–H and O–H groups in total. The normalized spacial score (nSPS) is 20.0. The van der Waals surface area contributed by atoms with Crippen LogP contribution in [0.5, 0.6) is 0 Å². The Labute approximate surface area is 138 Å². The van der Waals surface area contributed by atoms with Crippen LogP contribution >= 0.6 is 0 Å². The minimum atomic E-state index is -4.22. The quantitative estimate of drug-likeness (QED) is 0.903. The highest BCUT2D eigenvalue weighted by Gasteiger charge is 2.33. The fourth-order valence-corrected chi connectivity index (χ4v) is 2.95. The Hall–Kier alpha value is -1.83. The van der Waals surface area contributed by atoms with Crippen LogP contribution < -0.4 is 5.56 Å². The first-order valence-corrected chi connectivity index (χ1v) is 7.97. The van der Waals surface area contributed by atoms with Gasteiger partial charge in [-0.25, -0.2) is 0 Å². The first kappa shape index (κ1) is 18.5. The van der Waals surface area contributed by atoms with E-state index in [0.29, 0.717) is 26.1 Å². The van der Waals surface area contributed by atoms with Crippen molar-refractivity contribution in [3.8, 4) is 0 Å². The number of H-pyrrole nitrogens is 1. The highest BCUT2D eigenvalue weighted by Crippen LogP contribution is 2.19. The van der Waals surface area contributed by atoms with E-state index in [1.54, 1.807) is 17.2 Å². The average molecular weight is 345 g/mol. The number of hydrogen-bond acceptors (Lipinski definition) is 3. The lowest BCUT2D eigenvalue weighted by atomic mass is 10.1. The number of carbonyl (C=O) groups is 1. The molecule has 5 nitrogen and oxygen atoms in total. The zero-order valence-electron chi connectivity index (χ0n) is 13.6. The van der Waals surface area contributed by atoms with Crippen molar-refractivity contribution >= 4 is 5.91 Å². The highest BCUT2D eigenvalue weighted by molar-refractivity contribution is 5.76. The standard InChI is InChI=1S/C16H22F3N3O2/c1-12-9-21(11-16(17,18)19)6-7-22(10-12)15(24)5-3-13-2-4-14(23)20-8-13/h2,4,8,12H,3,5-7,9-11H2,1H3,(H,20,23). The summed E-state index contributed by atoms with van der Waals surface area (Å²) in [5, 5.41) is 0. The Morgan fingerprint density at radius 3 is 2.67 bits per heavy atom. The molecular weight excluding hydrogens is 323 g/mol. The maximum absolute atomic E-state index is 12.5. The summed E-state index contributed by atoms with van der Waals surface area (Å²) in [7, 11) is 0. The van der Waals surface area contributed by atoms with Gasteiger partial charge in [0.2, 0.25) is 11.5 Å². The summed E-state index contributed by atoms with van der Waals surface area (Å²) in [6.45, 7) is 2.27. The number of rotatable bonds is 4. The Kier molecular flexibility index (Phi) is 6.04. The maximum Gasteiger partial charge on any atom is 0.401 e. The average Bonchev–Trinajstić information content (AvgIpc) is 2.66. The molecule has 1 unspecified atom stereocenters. The molecular formula is C16H22F3N3O2. The summed E-state index contributed by atoms with van der Waals surface area (Å²) in [6.07, 6.45) is -1.88. The SMILES string of the molecule is CC1CN(CC(F)(F)F)CCN(C(=O)CCc2ccc(=O)[nH]c2)C1. The Morgan fingerprint density at radius 1 is 1.29 bits per heavy atom. The van der Waals surface area contributed by atoms with Crippen LogP contribution in [-0.4, -0.2) is 59.6 Å². The van der Waals surface area contributed by atoms with Gasteiger partial charge in [-0.3, -0.25) is 14.5 Å². The van der Waals surface area contributed by atoms with Gasteiger partial charge in [-0.1, -0.05) is 13.0 Å². The number of alkyl halides is 3. The number of amides is 1. The lowest BCUT2D eigenvalue weighted by Gasteiger charge is -2.22. The van der Waals surface area contributed by atoms with Crippen molar-refractivity contribution in [2.24, 2.45) is 5.92 Å².